The summed E-state index contributed by atoms with van der Waals surface area (Å²) in [7, 11) is 1.41. The van der Waals surface area contributed by atoms with Crippen LogP contribution in [0.1, 0.15) is 29.1 Å². The molecule has 2 rings (SSSR count). The van der Waals surface area contributed by atoms with E-state index in [1.54, 1.807) is 0 Å². The zero-order valence-corrected chi connectivity index (χ0v) is 11.6. The normalized spacial score (nSPS) is 11.6. The van der Waals surface area contributed by atoms with Crippen molar-refractivity contribution in [2.24, 2.45) is 5.92 Å². The molecule has 1 heterocycles. The fraction of sp³-hybridized carbons (Fsp3) is 0.267. The van der Waals surface area contributed by atoms with E-state index in [2.05, 4.69) is 38.1 Å². The van der Waals surface area contributed by atoms with Gasteiger partial charge in [-0.25, -0.2) is 4.79 Å². The Bertz CT molecular complexity index is 594. The number of esters is 1. The van der Waals surface area contributed by atoms with Gasteiger partial charge in [0.1, 0.15) is 4.88 Å². The smallest absolute Gasteiger partial charge is 0.348 e. The number of methoxy groups -OCH3 is 1. The molecule has 94 valence electrons. The van der Waals surface area contributed by atoms with E-state index in [-0.39, 0.29) is 5.97 Å². The summed E-state index contributed by atoms with van der Waals surface area (Å²) in [5.41, 5.74) is 1.16. The summed E-state index contributed by atoms with van der Waals surface area (Å²) in [5, 5.41) is 1.09. The largest absolute Gasteiger partial charge is 0.465 e. The number of carbonyl (C=O) groups excluding carboxylic acids is 1. The maximum atomic E-state index is 11.5. The van der Waals surface area contributed by atoms with Gasteiger partial charge in [0.25, 0.3) is 0 Å². The lowest BCUT2D eigenvalue weighted by Gasteiger charge is -1.96. The summed E-state index contributed by atoms with van der Waals surface area (Å²) in [5.74, 6) is 0.268. The number of thiophene rings is 1. The van der Waals surface area contributed by atoms with E-state index >= 15 is 0 Å². The monoisotopic (exact) mass is 260 g/mol. The number of ether oxygens (including phenoxy) is 1. The number of benzene rings is 1. The third-order valence-corrected chi connectivity index (χ3v) is 3.70. The van der Waals surface area contributed by atoms with Crippen molar-refractivity contribution in [2.75, 3.05) is 7.11 Å². The minimum atomic E-state index is -0.268. The Balaban J connectivity index is 2.36. The lowest BCUT2D eigenvalue weighted by atomic mass is 10.1. The second kappa shape index (κ2) is 5.36. The van der Waals surface area contributed by atoms with Crippen molar-refractivity contribution in [1.82, 2.24) is 0 Å². The van der Waals surface area contributed by atoms with Gasteiger partial charge in [0.15, 0.2) is 0 Å². The highest BCUT2D eigenvalue weighted by Gasteiger charge is 2.09. The SMILES string of the molecule is COC(=O)c1cc2cc(C=CC(C)C)ccc2s1. The van der Waals surface area contributed by atoms with E-state index in [0.717, 1.165) is 15.6 Å². The van der Waals surface area contributed by atoms with Crippen LogP contribution in [0.25, 0.3) is 16.2 Å². The van der Waals surface area contributed by atoms with Crippen molar-refractivity contribution in [2.45, 2.75) is 13.8 Å². The average Bonchev–Trinajstić information content (AvgIpc) is 2.78. The predicted molar refractivity (Wildman–Crippen MR) is 77.0 cm³/mol. The average molecular weight is 260 g/mol. The molecular formula is C15H16O2S. The maximum absolute atomic E-state index is 11.5. The standard InChI is InChI=1S/C15H16O2S/c1-10(2)4-5-11-6-7-13-12(8-11)9-14(18-13)15(16)17-3/h4-10H,1-3H3. The van der Waals surface area contributed by atoms with Gasteiger partial charge >= 0.3 is 5.97 Å². The molecule has 18 heavy (non-hydrogen) atoms. The van der Waals surface area contributed by atoms with Gasteiger partial charge in [-0.1, -0.05) is 32.1 Å². The van der Waals surface area contributed by atoms with Gasteiger partial charge in [-0.2, -0.15) is 0 Å². The molecule has 0 aliphatic carbocycles. The molecule has 0 amide bonds. The van der Waals surface area contributed by atoms with Gasteiger partial charge < -0.3 is 4.74 Å². The first kappa shape index (κ1) is 12.8. The molecule has 0 saturated carbocycles. The quantitative estimate of drug-likeness (QED) is 0.767. The number of hydrogen-bond acceptors (Lipinski definition) is 3. The predicted octanol–water partition coefficient (Wildman–Crippen LogP) is 4.36. The molecule has 2 aromatic rings. The Morgan fingerprint density at radius 1 is 1.33 bits per heavy atom. The molecule has 0 spiro atoms. The first-order valence-electron chi connectivity index (χ1n) is 5.90. The summed E-state index contributed by atoms with van der Waals surface area (Å²) in [4.78, 5) is 12.1. The van der Waals surface area contributed by atoms with Crippen LogP contribution in [-0.2, 0) is 4.74 Å². The summed E-state index contributed by atoms with van der Waals surface area (Å²) in [6, 6.07) is 8.10. The Morgan fingerprint density at radius 3 is 2.78 bits per heavy atom. The first-order chi connectivity index (χ1) is 8.60. The van der Waals surface area contributed by atoms with Gasteiger partial charge in [0.05, 0.1) is 7.11 Å². The van der Waals surface area contributed by atoms with E-state index in [0.29, 0.717) is 10.8 Å². The van der Waals surface area contributed by atoms with Crippen molar-refractivity contribution < 1.29 is 9.53 Å². The number of hydrogen-bond donors (Lipinski definition) is 0. The first-order valence-corrected chi connectivity index (χ1v) is 6.72. The number of rotatable bonds is 3. The van der Waals surface area contributed by atoms with E-state index in [1.807, 2.05) is 12.1 Å². The van der Waals surface area contributed by atoms with Crippen LogP contribution in [0.3, 0.4) is 0 Å². The molecule has 1 aromatic heterocycles. The van der Waals surface area contributed by atoms with E-state index in [4.69, 9.17) is 4.74 Å². The second-order valence-electron chi connectivity index (χ2n) is 4.50. The zero-order valence-electron chi connectivity index (χ0n) is 10.8. The number of fused-ring (bicyclic) bond motifs is 1. The topological polar surface area (TPSA) is 26.3 Å². The van der Waals surface area contributed by atoms with Crippen molar-refractivity contribution in [3.8, 4) is 0 Å². The summed E-state index contributed by atoms with van der Waals surface area (Å²) in [6.07, 6.45) is 4.27. The lowest BCUT2D eigenvalue weighted by molar-refractivity contribution is 0.0606. The summed E-state index contributed by atoms with van der Waals surface area (Å²) >= 11 is 1.46. The summed E-state index contributed by atoms with van der Waals surface area (Å²) in [6.45, 7) is 4.30. The van der Waals surface area contributed by atoms with Crippen molar-refractivity contribution in [1.29, 1.82) is 0 Å². The molecule has 0 bridgehead atoms. The highest BCUT2D eigenvalue weighted by atomic mass is 32.1. The van der Waals surface area contributed by atoms with Crippen molar-refractivity contribution >= 4 is 33.5 Å². The maximum Gasteiger partial charge on any atom is 0.348 e. The Morgan fingerprint density at radius 2 is 2.11 bits per heavy atom. The van der Waals surface area contributed by atoms with Crippen molar-refractivity contribution in [3.05, 3.63) is 40.8 Å². The minimum absolute atomic E-state index is 0.268. The van der Waals surface area contributed by atoms with Crippen LogP contribution in [-0.4, -0.2) is 13.1 Å². The fourth-order valence-corrected chi connectivity index (χ4v) is 2.63. The van der Waals surface area contributed by atoms with Gasteiger partial charge in [-0.05, 0) is 35.1 Å². The molecule has 0 atom stereocenters. The minimum Gasteiger partial charge on any atom is -0.465 e. The Kier molecular flexibility index (Phi) is 3.82. The highest BCUT2D eigenvalue weighted by Crippen LogP contribution is 2.27. The molecule has 0 aliphatic heterocycles. The number of carbonyl (C=O) groups is 1. The Labute approximate surface area is 111 Å². The van der Waals surface area contributed by atoms with E-state index in [1.165, 1.54) is 18.4 Å². The van der Waals surface area contributed by atoms with Crippen LogP contribution in [0, 0.1) is 5.92 Å². The molecular weight excluding hydrogens is 244 g/mol. The van der Waals surface area contributed by atoms with E-state index in [9.17, 15) is 4.79 Å². The van der Waals surface area contributed by atoms with Gasteiger partial charge in [0, 0.05) is 4.70 Å². The third-order valence-electron chi connectivity index (χ3n) is 2.60. The van der Waals surface area contributed by atoms with Crippen LogP contribution < -0.4 is 0 Å². The number of allylic oxidation sites excluding steroid dienone is 1. The molecule has 0 unspecified atom stereocenters. The fourth-order valence-electron chi connectivity index (χ4n) is 1.67. The molecule has 0 saturated heterocycles. The van der Waals surface area contributed by atoms with Gasteiger partial charge in [-0.3, -0.25) is 0 Å². The van der Waals surface area contributed by atoms with Crippen LogP contribution >= 0.6 is 11.3 Å². The third kappa shape index (κ3) is 2.79. The van der Waals surface area contributed by atoms with Crippen molar-refractivity contribution in [3.63, 3.8) is 0 Å². The zero-order chi connectivity index (χ0) is 13.1. The highest BCUT2D eigenvalue weighted by molar-refractivity contribution is 7.20. The molecule has 0 N–H and O–H groups in total. The molecule has 0 fully saturated rings. The van der Waals surface area contributed by atoms with Gasteiger partial charge in [0.2, 0.25) is 0 Å². The lowest BCUT2D eigenvalue weighted by Crippen LogP contribution is -1.96. The van der Waals surface area contributed by atoms with Crippen LogP contribution in [0.2, 0.25) is 0 Å². The molecule has 3 heteroatoms. The Hall–Kier alpha value is -1.61. The van der Waals surface area contributed by atoms with Crippen LogP contribution in [0.4, 0.5) is 0 Å². The second-order valence-corrected chi connectivity index (χ2v) is 5.59. The van der Waals surface area contributed by atoms with Gasteiger partial charge in [-0.15, -0.1) is 11.3 Å². The molecule has 2 nitrogen and oxygen atoms in total. The van der Waals surface area contributed by atoms with Crippen LogP contribution in [0.5, 0.6) is 0 Å². The molecule has 1 aromatic carbocycles. The summed E-state index contributed by atoms with van der Waals surface area (Å²) < 4.78 is 5.84. The van der Waals surface area contributed by atoms with Crippen LogP contribution in [0.15, 0.2) is 30.3 Å². The molecule has 0 aliphatic rings. The van der Waals surface area contributed by atoms with E-state index < -0.39 is 0 Å². The molecule has 0 radical (unpaired) electrons.